The van der Waals surface area contributed by atoms with Crippen LogP contribution in [0.4, 0.5) is 5.69 Å². The third-order valence-electron chi connectivity index (χ3n) is 3.24. The van der Waals surface area contributed by atoms with Crippen LogP contribution in [0.1, 0.15) is 13.3 Å². The van der Waals surface area contributed by atoms with E-state index in [1.807, 2.05) is 13.0 Å². The number of sulfone groups is 1. The quantitative estimate of drug-likeness (QED) is 0.858. The molecule has 1 heterocycles. The summed E-state index contributed by atoms with van der Waals surface area (Å²) in [5, 5.41) is 7.16. The molecule has 0 fully saturated rings. The van der Waals surface area contributed by atoms with Crippen LogP contribution in [0.25, 0.3) is 5.69 Å². The number of nitrogens with one attached hydrogen (secondary N) is 1. The SMILES string of the molecule is CC(CCS(C)(=O)=O)Nc1cnn(-c2ccccc2)c(=O)c1Cl. The summed E-state index contributed by atoms with van der Waals surface area (Å²) in [7, 11) is -3.03. The van der Waals surface area contributed by atoms with Gasteiger partial charge in [0.25, 0.3) is 5.56 Å². The van der Waals surface area contributed by atoms with Crippen molar-refractivity contribution in [1.29, 1.82) is 0 Å². The van der Waals surface area contributed by atoms with Crippen LogP contribution < -0.4 is 10.9 Å². The Kier molecular flexibility index (Phi) is 5.43. The van der Waals surface area contributed by atoms with Crippen LogP contribution in [0.2, 0.25) is 5.02 Å². The molecule has 6 nitrogen and oxygen atoms in total. The number of rotatable bonds is 6. The summed E-state index contributed by atoms with van der Waals surface area (Å²) in [6.07, 6.45) is 3.07. The van der Waals surface area contributed by atoms with Gasteiger partial charge < -0.3 is 5.32 Å². The molecule has 0 saturated carbocycles. The zero-order valence-corrected chi connectivity index (χ0v) is 14.4. The Hall–Kier alpha value is -1.86. The van der Waals surface area contributed by atoms with Crippen molar-refractivity contribution in [3.05, 3.63) is 51.9 Å². The van der Waals surface area contributed by atoms with Crippen LogP contribution in [-0.4, -0.2) is 36.2 Å². The maximum absolute atomic E-state index is 12.3. The minimum atomic E-state index is -3.03. The zero-order chi connectivity index (χ0) is 17.0. The molecule has 0 aliphatic carbocycles. The minimum absolute atomic E-state index is 0.0232. The summed E-state index contributed by atoms with van der Waals surface area (Å²) in [4.78, 5) is 12.3. The van der Waals surface area contributed by atoms with E-state index in [1.54, 1.807) is 24.3 Å². The van der Waals surface area contributed by atoms with E-state index < -0.39 is 15.4 Å². The van der Waals surface area contributed by atoms with Gasteiger partial charge >= 0.3 is 0 Å². The molecular formula is C15H18ClN3O3S. The summed E-state index contributed by atoms with van der Waals surface area (Å²) >= 11 is 6.13. The van der Waals surface area contributed by atoms with Crippen molar-refractivity contribution in [2.45, 2.75) is 19.4 Å². The Morgan fingerprint density at radius 1 is 1.30 bits per heavy atom. The second-order valence-corrected chi connectivity index (χ2v) is 8.03. The van der Waals surface area contributed by atoms with Gasteiger partial charge in [0.2, 0.25) is 0 Å². The van der Waals surface area contributed by atoms with Gasteiger partial charge in [-0.05, 0) is 25.5 Å². The summed E-state index contributed by atoms with van der Waals surface area (Å²) in [5.74, 6) is 0.0628. The number of hydrogen-bond acceptors (Lipinski definition) is 5. The molecule has 0 aliphatic rings. The first kappa shape index (κ1) is 17.5. The van der Waals surface area contributed by atoms with Gasteiger partial charge in [0.1, 0.15) is 14.9 Å². The van der Waals surface area contributed by atoms with Crippen molar-refractivity contribution >= 4 is 27.1 Å². The fourth-order valence-corrected chi connectivity index (χ4v) is 2.98. The second kappa shape index (κ2) is 7.14. The maximum Gasteiger partial charge on any atom is 0.292 e. The third kappa shape index (κ3) is 4.80. The lowest BCUT2D eigenvalue weighted by Crippen LogP contribution is -2.25. The number of halogens is 1. The molecule has 1 N–H and O–H groups in total. The van der Waals surface area contributed by atoms with Gasteiger partial charge in [-0.1, -0.05) is 29.8 Å². The zero-order valence-electron chi connectivity index (χ0n) is 12.9. The Balaban J connectivity index is 2.19. The fourth-order valence-electron chi connectivity index (χ4n) is 2.01. The van der Waals surface area contributed by atoms with Crippen LogP contribution in [0.5, 0.6) is 0 Å². The number of aromatic nitrogens is 2. The van der Waals surface area contributed by atoms with Crippen LogP contribution in [0, 0.1) is 0 Å². The smallest absolute Gasteiger partial charge is 0.292 e. The van der Waals surface area contributed by atoms with Gasteiger partial charge in [0.15, 0.2) is 0 Å². The lowest BCUT2D eigenvalue weighted by Gasteiger charge is -2.16. The van der Waals surface area contributed by atoms with Gasteiger partial charge in [0.05, 0.1) is 23.3 Å². The van der Waals surface area contributed by atoms with Crippen LogP contribution in [-0.2, 0) is 9.84 Å². The molecule has 0 amide bonds. The molecule has 0 spiro atoms. The molecule has 0 aliphatic heterocycles. The molecule has 124 valence electrons. The predicted octanol–water partition coefficient (Wildman–Crippen LogP) is 2.12. The molecule has 23 heavy (non-hydrogen) atoms. The standard InChI is InChI=1S/C15H18ClN3O3S/c1-11(8-9-23(2,21)22)18-13-10-17-19(15(20)14(13)16)12-6-4-3-5-7-12/h3-7,10-11,18H,8-9H2,1-2H3. The van der Waals surface area contributed by atoms with Crippen LogP contribution in [0.15, 0.2) is 41.3 Å². The summed E-state index contributed by atoms with van der Waals surface area (Å²) < 4.78 is 23.6. The molecule has 1 unspecified atom stereocenters. The van der Waals surface area contributed by atoms with E-state index in [0.29, 0.717) is 17.8 Å². The highest BCUT2D eigenvalue weighted by Gasteiger charge is 2.13. The number of anilines is 1. The fraction of sp³-hybridized carbons (Fsp3) is 0.333. The Labute approximate surface area is 140 Å². The van der Waals surface area contributed by atoms with Crippen LogP contribution >= 0.6 is 11.6 Å². The Bertz CT molecular complexity index is 835. The first-order valence-corrected chi connectivity index (χ1v) is 9.49. The van der Waals surface area contributed by atoms with Gasteiger partial charge in [0, 0.05) is 12.3 Å². The number of para-hydroxylation sites is 1. The highest BCUT2D eigenvalue weighted by atomic mass is 35.5. The molecular weight excluding hydrogens is 338 g/mol. The first-order chi connectivity index (χ1) is 10.8. The molecule has 8 heteroatoms. The van der Waals surface area contributed by atoms with Gasteiger partial charge in [-0.3, -0.25) is 4.79 Å². The monoisotopic (exact) mass is 355 g/mol. The molecule has 1 atom stereocenters. The van der Waals surface area contributed by atoms with Crippen molar-refractivity contribution < 1.29 is 8.42 Å². The van der Waals surface area contributed by atoms with Crippen molar-refractivity contribution in [1.82, 2.24) is 9.78 Å². The number of nitrogens with zero attached hydrogens (tertiary/aromatic N) is 2. The minimum Gasteiger partial charge on any atom is -0.380 e. The van der Waals surface area contributed by atoms with Gasteiger partial charge in [-0.15, -0.1) is 0 Å². The number of hydrogen-bond donors (Lipinski definition) is 1. The highest BCUT2D eigenvalue weighted by molar-refractivity contribution is 7.90. The lowest BCUT2D eigenvalue weighted by molar-refractivity contribution is 0.595. The van der Waals surface area contributed by atoms with E-state index in [0.717, 1.165) is 0 Å². The van der Waals surface area contributed by atoms with Crippen LogP contribution in [0.3, 0.4) is 0 Å². The van der Waals surface area contributed by atoms with Gasteiger partial charge in [-0.25, -0.2) is 8.42 Å². The molecule has 0 bridgehead atoms. The molecule has 0 saturated heterocycles. The molecule has 2 rings (SSSR count). The normalized spacial score (nSPS) is 12.8. The largest absolute Gasteiger partial charge is 0.380 e. The third-order valence-corrected chi connectivity index (χ3v) is 4.59. The molecule has 0 radical (unpaired) electrons. The maximum atomic E-state index is 12.3. The van der Waals surface area contributed by atoms with E-state index >= 15 is 0 Å². The summed E-state index contributed by atoms with van der Waals surface area (Å²) in [6, 6.07) is 8.80. The van der Waals surface area contributed by atoms with E-state index in [1.165, 1.54) is 17.1 Å². The molecule has 1 aromatic heterocycles. The van der Waals surface area contributed by atoms with Crippen molar-refractivity contribution in [2.24, 2.45) is 0 Å². The Morgan fingerprint density at radius 2 is 1.96 bits per heavy atom. The summed E-state index contributed by atoms with van der Waals surface area (Å²) in [5.41, 5.74) is 0.583. The topological polar surface area (TPSA) is 81.1 Å². The Morgan fingerprint density at radius 3 is 2.57 bits per heavy atom. The van der Waals surface area contributed by atoms with E-state index in [9.17, 15) is 13.2 Å². The van der Waals surface area contributed by atoms with Crippen molar-refractivity contribution in [3.8, 4) is 5.69 Å². The highest BCUT2D eigenvalue weighted by Crippen LogP contribution is 2.18. The summed E-state index contributed by atoms with van der Waals surface area (Å²) in [6.45, 7) is 1.82. The second-order valence-electron chi connectivity index (χ2n) is 5.39. The lowest BCUT2D eigenvalue weighted by atomic mass is 10.2. The molecule has 2 aromatic rings. The number of benzene rings is 1. The predicted molar refractivity (Wildman–Crippen MR) is 92.3 cm³/mol. The van der Waals surface area contributed by atoms with E-state index in [-0.39, 0.29) is 16.8 Å². The average molecular weight is 356 g/mol. The van der Waals surface area contributed by atoms with Crippen molar-refractivity contribution in [3.63, 3.8) is 0 Å². The van der Waals surface area contributed by atoms with E-state index in [4.69, 9.17) is 11.6 Å². The average Bonchev–Trinajstić information content (AvgIpc) is 2.50. The van der Waals surface area contributed by atoms with Gasteiger partial charge in [-0.2, -0.15) is 9.78 Å². The van der Waals surface area contributed by atoms with E-state index in [2.05, 4.69) is 10.4 Å². The first-order valence-electron chi connectivity index (χ1n) is 7.05. The van der Waals surface area contributed by atoms with Crippen molar-refractivity contribution in [2.75, 3.05) is 17.3 Å². The molecule has 1 aromatic carbocycles.